The lowest BCUT2D eigenvalue weighted by atomic mass is 9.86. The van der Waals surface area contributed by atoms with E-state index in [1.807, 2.05) is 6.92 Å². The molecule has 4 N–H and O–H groups in total. The summed E-state index contributed by atoms with van der Waals surface area (Å²) in [5, 5.41) is 11.8. The fraction of sp³-hybridized carbons (Fsp3) is 0.818. The van der Waals surface area contributed by atoms with Gasteiger partial charge in [-0.05, 0) is 19.3 Å². The first kappa shape index (κ1) is 13.0. The molecule has 0 spiro atoms. The second-order valence-electron chi connectivity index (χ2n) is 4.53. The van der Waals surface area contributed by atoms with Gasteiger partial charge < -0.3 is 16.2 Å². The maximum absolute atomic E-state index is 11.5. The van der Waals surface area contributed by atoms with Crippen molar-refractivity contribution in [3.63, 3.8) is 0 Å². The summed E-state index contributed by atoms with van der Waals surface area (Å²) < 4.78 is 0. The highest BCUT2D eigenvalue weighted by Crippen LogP contribution is 2.37. The maximum Gasteiger partial charge on any atom is 0.311 e. The molecule has 5 nitrogen and oxygen atoms in total. The second kappa shape index (κ2) is 5.30. The SMILES string of the molecule is CC[C@@H](N)C(=O)NCC1(C(=O)O)CCCC1. The summed E-state index contributed by atoms with van der Waals surface area (Å²) >= 11 is 0. The number of carbonyl (C=O) groups is 2. The molecule has 0 aromatic heterocycles. The fourth-order valence-corrected chi connectivity index (χ4v) is 2.09. The van der Waals surface area contributed by atoms with Crippen LogP contribution in [0.5, 0.6) is 0 Å². The van der Waals surface area contributed by atoms with Crippen LogP contribution < -0.4 is 11.1 Å². The van der Waals surface area contributed by atoms with E-state index < -0.39 is 17.4 Å². The van der Waals surface area contributed by atoms with Crippen molar-refractivity contribution in [2.24, 2.45) is 11.1 Å². The molecule has 16 heavy (non-hydrogen) atoms. The Bertz CT molecular complexity index is 272. The van der Waals surface area contributed by atoms with E-state index in [2.05, 4.69) is 5.32 Å². The number of carboxylic acids is 1. The zero-order valence-corrected chi connectivity index (χ0v) is 9.66. The Labute approximate surface area is 95.4 Å². The summed E-state index contributed by atoms with van der Waals surface area (Å²) in [7, 11) is 0. The number of hydrogen-bond donors (Lipinski definition) is 3. The van der Waals surface area contributed by atoms with Crippen LogP contribution in [-0.2, 0) is 9.59 Å². The Morgan fingerprint density at radius 1 is 1.44 bits per heavy atom. The minimum Gasteiger partial charge on any atom is -0.481 e. The lowest BCUT2D eigenvalue weighted by Crippen LogP contribution is -2.46. The van der Waals surface area contributed by atoms with Crippen LogP contribution in [0.15, 0.2) is 0 Å². The van der Waals surface area contributed by atoms with Gasteiger partial charge in [-0.1, -0.05) is 19.8 Å². The third-order valence-electron chi connectivity index (χ3n) is 3.39. The molecule has 92 valence electrons. The van der Waals surface area contributed by atoms with Crippen LogP contribution >= 0.6 is 0 Å². The van der Waals surface area contributed by atoms with Crippen molar-refractivity contribution in [1.82, 2.24) is 5.32 Å². The molecule has 0 unspecified atom stereocenters. The fourth-order valence-electron chi connectivity index (χ4n) is 2.09. The molecule has 1 fully saturated rings. The van der Waals surface area contributed by atoms with Gasteiger partial charge in [-0.3, -0.25) is 9.59 Å². The van der Waals surface area contributed by atoms with Gasteiger partial charge in [0, 0.05) is 6.54 Å². The number of nitrogens with one attached hydrogen (secondary N) is 1. The van der Waals surface area contributed by atoms with Gasteiger partial charge in [-0.15, -0.1) is 0 Å². The topological polar surface area (TPSA) is 92.4 Å². The van der Waals surface area contributed by atoms with Crippen LogP contribution in [0, 0.1) is 5.41 Å². The van der Waals surface area contributed by atoms with Crippen LogP contribution in [0.25, 0.3) is 0 Å². The van der Waals surface area contributed by atoms with Crippen molar-refractivity contribution in [2.45, 2.75) is 45.1 Å². The summed E-state index contributed by atoms with van der Waals surface area (Å²) in [5.74, 6) is -1.06. The average molecular weight is 228 g/mol. The van der Waals surface area contributed by atoms with E-state index in [4.69, 9.17) is 5.73 Å². The smallest absolute Gasteiger partial charge is 0.311 e. The molecule has 0 bridgehead atoms. The minimum atomic E-state index is -0.810. The van der Waals surface area contributed by atoms with Gasteiger partial charge >= 0.3 is 5.97 Å². The zero-order chi connectivity index (χ0) is 12.2. The van der Waals surface area contributed by atoms with Gasteiger partial charge in [0.25, 0.3) is 0 Å². The Balaban J connectivity index is 2.51. The number of carbonyl (C=O) groups excluding carboxylic acids is 1. The molecule has 0 saturated heterocycles. The molecule has 0 heterocycles. The van der Waals surface area contributed by atoms with E-state index in [1.54, 1.807) is 0 Å². The second-order valence-corrected chi connectivity index (χ2v) is 4.53. The van der Waals surface area contributed by atoms with Crippen molar-refractivity contribution < 1.29 is 14.7 Å². The number of aliphatic carboxylic acids is 1. The van der Waals surface area contributed by atoms with Crippen molar-refractivity contribution >= 4 is 11.9 Å². The van der Waals surface area contributed by atoms with Crippen molar-refractivity contribution in [1.29, 1.82) is 0 Å². The maximum atomic E-state index is 11.5. The van der Waals surface area contributed by atoms with E-state index in [1.165, 1.54) is 0 Å². The average Bonchev–Trinajstić information content (AvgIpc) is 2.74. The highest BCUT2D eigenvalue weighted by Gasteiger charge is 2.41. The lowest BCUT2D eigenvalue weighted by Gasteiger charge is -2.24. The lowest BCUT2D eigenvalue weighted by molar-refractivity contribution is -0.148. The molecule has 1 atom stereocenters. The van der Waals surface area contributed by atoms with Crippen molar-refractivity contribution in [2.75, 3.05) is 6.54 Å². The highest BCUT2D eigenvalue weighted by molar-refractivity contribution is 5.82. The molecule has 5 heteroatoms. The van der Waals surface area contributed by atoms with Gasteiger partial charge in [0.2, 0.25) is 5.91 Å². The van der Waals surface area contributed by atoms with Crippen LogP contribution in [-0.4, -0.2) is 29.6 Å². The zero-order valence-electron chi connectivity index (χ0n) is 9.66. The normalized spacial score (nSPS) is 20.4. The molecule has 1 rings (SSSR count). The minimum absolute atomic E-state index is 0.203. The van der Waals surface area contributed by atoms with Gasteiger partial charge in [0.15, 0.2) is 0 Å². The summed E-state index contributed by atoms with van der Waals surface area (Å²) in [6.07, 6.45) is 3.68. The summed E-state index contributed by atoms with van der Waals surface area (Å²) in [6, 6.07) is -0.535. The molecule has 1 aliphatic carbocycles. The molecule has 0 radical (unpaired) electrons. The van der Waals surface area contributed by atoms with Gasteiger partial charge in [-0.2, -0.15) is 0 Å². The molecule has 0 aromatic carbocycles. The van der Waals surface area contributed by atoms with E-state index in [-0.39, 0.29) is 12.5 Å². The van der Waals surface area contributed by atoms with Crippen LogP contribution in [0.3, 0.4) is 0 Å². The molecule has 1 aliphatic rings. The van der Waals surface area contributed by atoms with E-state index in [0.29, 0.717) is 19.3 Å². The van der Waals surface area contributed by atoms with Crippen molar-refractivity contribution in [3.05, 3.63) is 0 Å². The third kappa shape index (κ3) is 2.72. The van der Waals surface area contributed by atoms with Gasteiger partial charge in [-0.25, -0.2) is 0 Å². The monoisotopic (exact) mass is 228 g/mol. The van der Waals surface area contributed by atoms with Gasteiger partial charge in [0.05, 0.1) is 11.5 Å². The molecule has 0 aliphatic heterocycles. The van der Waals surface area contributed by atoms with E-state index in [0.717, 1.165) is 12.8 Å². The third-order valence-corrected chi connectivity index (χ3v) is 3.39. The highest BCUT2D eigenvalue weighted by atomic mass is 16.4. The number of carboxylic acid groups (broad SMARTS) is 1. The first-order chi connectivity index (χ1) is 7.52. The standard InChI is InChI=1S/C11H20N2O3/c1-2-8(12)9(14)13-7-11(10(15)16)5-3-4-6-11/h8H,2-7,12H2,1H3,(H,13,14)(H,15,16)/t8-/m1/s1. The van der Waals surface area contributed by atoms with E-state index in [9.17, 15) is 14.7 Å². The Morgan fingerprint density at radius 2 is 2.00 bits per heavy atom. The quantitative estimate of drug-likeness (QED) is 0.638. The summed E-state index contributed by atoms with van der Waals surface area (Å²) in [4.78, 5) is 22.7. The van der Waals surface area contributed by atoms with Crippen LogP contribution in [0.2, 0.25) is 0 Å². The van der Waals surface area contributed by atoms with Crippen molar-refractivity contribution in [3.8, 4) is 0 Å². The molecular weight excluding hydrogens is 208 g/mol. The number of rotatable bonds is 5. The Morgan fingerprint density at radius 3 is 2.44 bits per heavy atom. The summed E-state index contributed by atoms with van der Waals surface area (Å²) in [5.41, 5.74) is 4.80. The molecule has 0 aromatic rings. The molecule has 1 saturated carbocycles. The molecule has 1 amide bonds. The first-order valence-electron chi connectivity index (χ1n) is 5.78. The van der Waals surface area contributed by atoms with E-state index >= 15 is 0 Å². The number of amides is 1. The van der Waals surface area contributed by atoms with Crippen LogP contribution in [0.1, 0.15) is 39.0 Å². The number of hydrogen-bond acceptors (Lipinski definition) is 3. The Hall–Kier alpha value is -1.10. The largest absolute Gasteiger partial charge is 0.481 e. The Kier molecular flexibility index (Phi) is 4.29. The predicted octanol–water partition coefficient (Wildman–Crippen LogP) is 0.485. The summed E-state index contributed by atoms with van der Waals surface area (Å²) in [6.45, 7) is 2.03. The first-order valence-corrected chi connectivity index (χ1v) is 5.78. The van der Waals surface area contributed by atoms with Gasteiger partial charge in [0.1, 0.15) is 0 Å². The van der Waals surface area contributed by atoms with Crippen LogP contribution in [0.4, 0.5) is 0 Å². The molecular formula is C11H20N2O3. The number of nitrogens with two attached hydrogens (primary N) is 1. The predicted molar refractivity (Wildman–Crippen MR) is 59.8 cm³/mol.